The second-order valence-corrected chi connectivity index (χ2v) is 6.95. The molecule has 3 aromatic rings. The van der Waals surface area contributed by atoms with Crippen molar-refractivity contribution in [3.8, 4) is 11.1 Å². The molecule has 0 radical (unpaired) electrons. The fraction of sp³-hybridized carbons (Fsp3) is 0.211. The number of rotatable bonds is 2. The van der Waals surface area contributed by atoms with E-state index >= 15 is 0 Å². The normalized spacial score (nSPS) is 15.0. The van der Waals surface area contributed by atoms with Gasteiger partial charge in [0.2, 0.25) is 0 Å². The maximum atomic E-state index is 12.0. The third kappa shape index (κ3) is 2.75. The minimum atomic E-state index is -0.0354. The van der Waals surface area contributed by atoms with Crippen LogP contribution in [-0.2, 0) is 0 Å². The lowest BCUT2D eigenvalue weighted by Crippen LogP contribution is -2.32. The zero-order chi connectivity index (χ0) is 15.6. The van der Waals surface area contributed by atoms with Gasteiger partial charge >= 0.3 is 0 Å². The molecule has 1 fully saturated rings. The molecule has 1 aromatic heterocycles. The van der Waals surface area contributed by atoms with Crippen molar-refractivity contribution in [2.45, 2.75) is 0 Å². The second kappa shape index (κ2) is 6.13. The molecule has 116 valence electrons. The molecular weight excluding hydrogens is 304 g/mol. The third-order valence-electron chi connectivity index (χ3n) is 4.36. The number of hydrogen-bond donors (Lipinski definition) is 1. The molecule has 0 unspecified atom stereocenters. The van der Waals surface area contributed by atoms with E-state index in [-0.39, 0.29) is 5.56 Å². The summed E-state index contributed by atoms with van der Waals surface area (Å²) in [5, 5.41) is 1.74. The van der Waals surface area contributed by atoms with Crippen molar-refractivity contribution < 1.29 is 0 Å². The molecule has 1 aliphatic rings. The molecule has 2 aromatic carbocycles. The summed E-state index contributed by atoms with van der Waals surface area (Å²) < 4.78 is 0. The van der Waals surface area contributed by atoms with Crippen molar-refractivity contribution in [2.75, 3.05) is 29.5 Å². The summed E-state index contributed by atoms with van der Waals surface area (Å²) in [5.74, 6) is 2.40. The summed E-state index contributed by atoms with van der Waals surface area (Å²) in [6.07, 6.45) is 1.82. The van der Waals surface area contributed by atoms with Crippen LogP contribution in [-0.4, -0.2) is 29.6 Å². The Morgan fingerprint density at radius 1 is 0.913 bits per heavy atom. The van der Waals surface area contributed by atoms with E-state index in [2.05, 4.69) is 34.1 Å². The summed E-state index contributed by atoms with van der Waals surface area (Å²) in [6, 6.07) is 16.4. The van der Waals surface area contributed by atoms with Gasteiger partial charge in [-0.25, -0.2) is 0 Å². The van der Waals surface area contributed by atoms with Gasteiger partial charge in [0.25, 0.3) is 5.56 Å². The van der Waals surface area contributed by atoms with Gasteiger partial charge in [0.05, 0.1) is 0 Å². The molecule has 0 atom stereocenters. The van der Waals surface area contributed by atoms with E-state index in [1.165, 1.54) is 17.2 Å². The predicted molar refractivity (Wildman–Crippen MR) is 99.5 cm³/mol. The van der Waals surface area contributed by atoms with E-state index in [9.17, 15) is 4.79 Å². The van der Waals surface area contributed by atoms with Gasteiger partial charge in [-0.2, -0.15) is 11.8 Å². The average Bonchev–Trinajstić information content (AvgIpc) is 2.63. The van der Waals surface area contributed by atoms with Crippen molar-refractivity contribution in [1.82, 2.24) is 4.98 Å². The lowest BCUT2D eigenvalue weighted by Gasteiger charge is -2.28. The van der Waals surface area contributed by atoms with Gasteiger partial charge < -0.3 is 9.88 Å². The second-order valence-electron chi connectivity index (χ2n) is 5.72. The number of H-pyrrole nitrogens is 1. The van der Waals surface area contributed by atoms with Crippen molar-refractivity contribution in [3.05, 3.63) is 65.1 Å². The lowest BCUT2D eigenvalue weighted by atomic mass is 10.0. The van der Waals surface area contributed by atoms with Gasteiger partial charge in [-0.1, -0.05) is 30.3 Å². The first-order chi connectivity index (χ1) is 11.3. The Hall–Kier alpha value is -2.20. The first kappa shape index (κ1) is 14.4. The van der Waals surface area contributed by atoms with Gasteiger partial charge in [0.1, 0.15) is 0 Å². The molecule has 4 rings (SSSR count). The fourth-order valence-corrected chi connectivity index (χ4v) is 4.02. The van der Waals surface area contributed by atoms with Gasteiger partial charge in [0, 0.05) is 47.4 Å². The van der Waals surface area contributed by atoms with Crippen LogP contribution in [0.4, 0.5) is 5.69 Å². The van der Waals surface area contributed by atoms with Gasteiger partial charge in [0.15, 0.2) is 0 Å². The summed E-state index contributed by atoms with van der Waals surface area (Å²) >= 11 is 2.02. The van der Waals surface area contributed by atoms with Crippen LogP contribution in [0.5, 0.6) is 0 Å². The van der Waals surface area contributed by atoms with E-state index < -0.39 is 0 Å². The molecule has 1 aliphatic heterocycles. The Kier molecular flexibility index (Phi) is 3.83. The van der Waals surface area contributed by atoms with Crippen molar-refractivity contribution >= 4 is 28.2 Å². The number of pyridine rings is 1. The number of benzene rings is 2. The van der Waals surface area contributed by atoms with E-state index in [0.29, 0.717) is 0 Å². The molecule has 0 saturated carbocycles. The number of thioether (sulfide) groups is 1. The van der Waals surface area contributed by atoms with Crippen molar-refractivity contribution in [1.29, 1.82) is 0 Å². The Balaban J connectivity index is 1.74. The topological polar surface area (TPSA) is 36.1 Å². The summed E-state index contributed by atoms with van der Waals surface area (Å²) in [7, 11) is 0. The third-order valence-corrected chi connectivity index (χ3v) is 5.31. The van der Waals surface area contributed by atoms with E-state index in [1.54, 1.807) is 0 Å². The molecule has 1 saturated heterocycles. The summed E-state index contributed by atoms with van der Waals surface area (Å²) in [6.45, 7) is 2.23. The highest BCUT2D eigenvalue weighted by Crippen LogP contribution is 2.28. The molecule has 23 heavy (non-hydrogen) atoms. The molecule has 0 amide bonds. The predicted octanol–water partition coefficient (Wildman–Crippen LogP) is 3.75. The van der Waals surface area contributed by atoms with Gasteiger partial charge in [-0.3, -0.25) is 4.79 Å². The first-order valence-corrected chi connectivity index (χ1v) is 9.02. The highest BCUT2D eigenvalue weighted by atomic mass is 32.2. The zero-order valence-electron chi connectivity index (χ0n) is 12.8. The Morgan fingerprint density at radius 2 is 1.61 bits per heavy atom. The minimum Gasteiger partial charge on any atom is -0.370 e. The fourth-order valence-electron chi connectivity index (χ4n) is 3.12. The molecule has 3 nitrogen and oxygen atoms in total. The van der Waals surface area contributed by atoms with Crippen LogP contribution >= 0.6 is 11.8 Å². The number of nitrogens with one attached hydrogen (secondary N) is 1. The average molecular weight is 322 g/mol. The largest absolute Gasteiger partial charge is 0.370 e. The highest BCUT2D eigenvalue weighted by Gasteiger charge is 2.12. The van der Waals surface area contributed by atoms with Crippen LogP contribution in [0.25, 0.3) is 21.9 Å². The molecule has 1 N–H and O–H groups in total. The molecule has 2 heterocycles. The number of aromatic nitrogens is 1. The van der Waals surface area contributed by atoms with E-state index in [1.807, 2.05) is 42.2 Å². The first-order valence-electron chi connectivity index (χ1n) is 7.86. The maximum absolute atomic E-state index is 12.0. The maximum Gasteiger partial charge on any atom is 0.255 e. The van der Waals surface area contributed by atoms with E-state index in [4.69, 9.17) is 0 Å². The quantitative estimate of drug-likeness (QED) is 0.780. The molecule has 0 bridgehead atoms. The highest BCUT2D eigenvalue weighted by molar-refractivity contribution is 7.99. The number of hydrogen-bond acceptors (Lipinski definition) is 3. The lowest BCUT2D eigenvalue weighted by molar-refractivity contribution is 0.859. The van der Waals surface area contributed by atoms with Crippen LogP contribution in [0, 0.1) is 0 Å². The summed E-state index contributed by atoms with van der Waals surface area (Å²) in [4.78, 5) is 17.2. The zero-order valence-corrected chi connectivity index (χ0v) is 13.6. The monoisotopic (exact) mass is 322 g/mol. The van der Waals surface area contributed by atoms with Crippen LogP contribution in [0.15, 0.2) is 59.5 Å². The Morgan fingerprint density at radius 3 is 2.35 bits per heavy atom. The number of nitrogens with zero attached hydrogens (tertiary/aromatic N) is 1. The van der Waals surface area contributed by atoms with Gasteiger partial charge in [-0.15, -0.1) is 0 Å². The number of anilines is 1. The van der Waals surface area contributed by atoms with Crippen LogP contribution < -0.4 is 10.5 Å². The Labute approximate surface area is 139 Å². The van der Waals surface area contributed by atoms with E-state index in [0.717, 1.165) is 35.0 Å². The van der Waals surface area contributed by atoms with Crippen molar-refractivity contribution in [3.63, 3.8) is 0 Å². The van der Waals surface area contributed by atoms with Crippen LogP contribution in [0.3, 0.4) is 0 Å². The number of fused-ring (bicyclic) bond motifs is 1. The number of aromatic amines is 1. The summed E-state index contributed by atoms with van der Waals surface area (Å²) in [5.41, 5.74) is 3.45. The SMILES string of the molecule is O=c1[nH]cc(-c2ccc(N3CCSCC3)cc2)c2ccccc12. The van der Waals surface area contributed by atoms with Crippen LogP contribution in [0.1, 0.15) is 0 Å². The molecule has 0 spiro atoms. The molecule has 4 heteroatoms. The standard InChI is InChI=1S/C19H18N2OS/c22-19-17-4-2-1-3-16(17)18(13-20-19)14-5-7-15(8-6-14)21-9-11-23-12-10-21/h1-8,13H,9-12H2,(H,20,22). The van der Waals surface area contributed by atoms with Gasteiger partial charge in [-0.05, 0) is 29.1 Å². The molecular formula is C19H18N2OS. The Bertz CT molecular complexity index is 880. The van der Waals surface area contributed by atoms with Crippen molar-refractivity contribution in [2.24, 2.45) is 0 Å². The molecule has 0 aliphatic carbocycles. The minimum absolute atomic E-state index is 0.0354. The smallest absolute Gasteiger partial charge is 0.255 e. The van der Waals surface area contributed by atoms with Crippen LogP contribution in [0.2, 0.25) is 0 Å².